The molecule has 2 heterocycles. The first-order chi connectivity index (χ1) is 7.66. The second kappa shape index (κ2) is 4.49. The molecule has 5 heteroatoms. The summed E-state index contributed by atoms with van der Waals surface area (Å²) in [4.78, 5) is 6.30. The number of amidine groups is 1. The van der Waals surface area contributed by atoms with Crippen molar-refractivity contribution in [1.29, 1.82) is 5.41 Å². The highest BCUT2D eigenvalue weighted by Gasteiger charge is 2.17. The molecule has 0 saturated carbocycles. The van der Waals surface area contributed by atoms with Crippen LogP contribution in [0, 0.1) is 5.41 Å². The molecule has 1 aromatic heterocycles. The van der Waals surface area contributed by atoms with E-state index >= 15 is 0 Å². The summed E-state index contributed by atoms with van der Waals surface area (Å²) in [6.45, 7) is 1.70. The Morgan fingerprint density at radius 3 is 2.62 bits per heavy atom. The zero-order valence-electron chi connectivity index (χ0n) is 9.06. The molecule has 5 nitrogen and oxygen atoms in total. The second-order valence-corrected chi connectivity index (χ2v) is 4.03. The quantitative estimate of drug-likeness (QED) is 0.495. The van der Waals surface area contributed by atoms with E-state index in [0.29, 0.717) is 5.69 Å². The van der Waals surface area contributed by atoms with Crippen LogP contribution < -0.4 is 10.6 Å². The molecule has 1 aliphatic rings. The first kappa shape index (κ1) is 10.9. The van der Waals surface area contributed by atoms with Gasteiger partial charge in [0.1, 0.15) is 11.5 Å². The predicted octanol–water partition coefficient (Wildman–Crippen LogP) is 0.327. The van der Waals surface area contributed by atoms with Crippen LogP contribution in [0.1, 0.15) is 18.5 Å². The van der Waals surface area contributed by atoms with E-state index in [1.807, 2.05) is 6.07 Å². The molecule has 1 fully saturated rings. The van der Waals surface area contributed by atoms with Crippen molar-refractivity contribution in [3.63, 3.8) is 0 Å². The Hall–Kier alpha value is -1.62. The summed E-state index contributed by atoms with van der Waals surface area (Å²) < 4.78 is 0. The van der Waals surface area contributed by atoms with Crippen molar-refractivity contribution in [2.75, 3.05) is 18.0 Å². The van der Waals surface area contributed by atoms with Gasteiger partial charge in [-0.3, -0.25) is 10.4 Å². The maximum Gasteiger partial charge on any atom is 0.141 e. The lowest BCUT2D eigenvalue weighted by Crippen LogP contribution is -2.35. The normalized spacial score (nSPS) is 17.4. The smallest absolute Gasteiger partial charge is 0.141 e. The molecule has 86 valence electrons. The number of aliphatic hydroxyl groups is 1. The molecular formula is C11H16N4O. The number of nitrogen functional groups attached to an aromatic ring is 1. The van der Waals surface area contributed by atoms with Crippen LogP contribution in [0.25, 0.3) is 0 Å². The number of aliphatic hydroxyl groups excluding tert-OH is 1. The lowest BCUT2D eigenvalue weighted by Gasteiger charge is -2.31. The van der Waals surface area contributed by atoms with Crippen molar-refractivity contribution in [2.24, 2.45) is 5.73 Å². The van der Waals surface area contributed by atoms with Crippen LogP contribution in [0.3, 0.4) is 0 Å². The number of piperidine rings is 1. The fraction of sp³-hybridized carbons (Fsp3) is 0.455. The maximum absolute atomic E-state index is 9.40. The fourth-order valence-electron chi connectivity index (χ4n) is 1.86. The van der Waals surface area contributed by atoms with Gasteiger partial charge in [0.2, 0.25) is 0 Å². The van der Waals surface area contributed by atoms with Gasteiger partial charge in [-0.15, -0.1) is 0 Å². The molecule has 0 unspecified atom stereocenters. The zero-order valence-corrected chi connectivity index (χ0v) is 9.06. The summed E-state index contributed by atoms with van der Waals surface area (Å²) in [6, 6.07) is 3.67. The topological polar surface area (TPSA) is 86.2 Å². The number of nitrogens with one attached hydrogen (secondary N) is 1. The van der Waals surface area contributed by atoms with Gasteiger partial charge in [0.15, 0.2) is 0 Å². The lowest BCUT2D eigenvalue weighted by atomic mass is 10.1. The fourth-order valence-corrected chi connectivity index (χ4v) is 1.86. The lowest BCUT2D eigenvalue weighted by molar-refractivity contribution is 0.145. The Balaban J connectivity index is 2.07. The monoisotopic (exact) mass is 220 g/mol. The van der Waals surface area contributed by atoms with Gasteiger partial charge in [-0.2, -0.15) is 0 Å². The van der Waals surface area contributed by atoms with Crippen LogP contribution in [-0.2, 0) is 0 Å². The van der Waals surface area contributed by atoms with Crippen LogP contribution >= 0.6 is 0 Å². The van der Waals surface area contributed by atoms with Gasteiger partial charge >= 0.3 is 0 Å². The molecule has 0 amide bonds. The van der Waals surface area contributed by atoms with Crippen LogP contribution in [0.2, 0.25) is 0 Å². The standard InChI is InChI=1S/C11H16N4O/c12-11(13)10-2-1-8(7-14-10)15-5-3-9(16)4-6-15/h1-2,7,9,16H,3-6H2,(H3,12,13). The van der Waals surface area contributed by atoms with E-state index in [-0.39, 0.29) is 11.9 Å². The number of nitrogens with two attached hydrogens (primary N) is 1. The summed E-state index contributed by atoms with van der Waals surface area (Å²) >= 11 is 0. The van der Waals surface area contributed by atoms with Crippen LogP contribution in [0.4, 0.5) is 5.69 Å². The highest BCUT2D eigenvalue weighted by atomic mass is 16.3. The molecule has 0 radical (unpaired) electrons. The minimum Gasteiger partial charge on any atom is -0.393 e. The second-order valence-electron chi connectivity index (χ2n) is 4.03. The SMILES string of the molecule is N=C(N)c1ccc(N2CCC(O)CC2)cn1. The van der Waals surface area contributed by atoms with Crippen molar-refractivity contribution in [3.05, 3.63) is 24.0 Å². The van der Waals surface area contributed by atoms with Gasteiger partial charge < -0.3 is 15.7 Å². The summed E-state index contributed by atoms with van der Waals surface area (Å²) in [5.41, 5.74) is 6.86. The number of aromatic nitrogens is 1. The van der Waals surface area contributed by atoms with Crippen molar-refractivity contribution in [1.82, 2.24) is 4.98 Å². The molecule has 4 N–H and O–H groups in total. The number of rotatable bonds is 2. The number of pyridine rings is 1. The first-order valence-electron chi connectivity index (χ1n) is 5.40. The molecule has 1 saturated heterocycles. The van der Waals surface area contributed by atoms with Crippen LogP contribution in [0.15, 0.2) is 18.3 Å². The first-order valence-corrected chi connectivity index (χ1v) is 5.40. The minimum absolute atomic E-state index is 0.0133. The number of nitrogens with zero attached hydrogens (tertiary/aromatic N) is 2. The highest BCUT2D eigenvalue weighted by Crippen LogP contribution is 2.19. The Morgan fingerprint density at radius 1 is 1.44 bits per heavy atom. The summed E-state index contributed by atoms with van der Waals surface area (Å²) in [6.07, 6.45) is 3.16. The third kappa shape index (κ3) is 2.30. The summed E-state index contributed by atoms with van der Waals surface area (Å²) in [7, 11) is 0. The number of hydrogen-bond donors (Lipinski definition) is 3. The molecule has 0 aliphatic carbocycles. The molecule has 2 rings (SSSR count). The third-order valence-corrected chi connectivity index (χ3v) is 2.85. The van der Waals surface area contributed by atoms with E-state index in [2.05, 4.69) is 9.88 Å². The van der Waals surface area contributed by atoms with E-state index in [1.165, 1.54) is 0 Å². The van der Waals surface area contributed by atoms with Crippen LogP contribution in [0.5, 0.6) is 0 Å². The van der Waals surface area contributed by atoms with E-state index < -0.39 is 0 Å². The van der Waals surface area contributed by atoms with Crippen molar-refractivity contribution in [2.45, 2.75) is 18.9 Å². The van der Waals surface area contributed by atoms with Gasteiger partial charge in [0.25, 0.3) is 0 Å². The van der Waals surface area contributed by atoms with Crippen molar-refractivity contribution < 1.29 is 5.11 Å². The minimum atomic E-state index is -0.166. The van der Waals surface area contributed by atoms with Gasteiger partial charge in [-0.1, -0.05) is 0 Å². The number of anilines is 1. The van der Waals surface area contributed by atoms with Gasteiger partial charge in [-0.05, 0) is 25.0 Å². The molecule has 1 aliphatic heterocycles. The van der Waals surface area contributed by atoms with E-state index in [1.54, 1.807) is 12.3 Å². The highest BCUT2D eigenvalue weighted by molar-refractivity contribution is 5.93. The average molecular weight is 220 g/mol. The molecule has 16 heavy (non-hydrogen) atoms. The Bertz CT molecular complexity index is 368. The molecule has 0 atom stereocenters. The van der Waals surface area contributed by atoms with E-state index in [9.17, 15) is 5.11 Å². The van der Waals surface area contributed by atoms with Gasteiger partial charge in [0.05, 0.1) is 18.0 Å². The molecule has 1 aromatic rings. The average Bonchev–Trinajstić information content (AvgIpc) is 2.30. The van der Waals surface area contributed by atoms with E-state index in [4.69, 9.17) is 11.1 Å². The number of hydrogen-bond acceptors (Lipinski definition) is 4. The summed E-state index contributed by atoms with van der Waals surface area (Å²) in [5, 5.41) is 16.6. The predicted molar refractivity (Wildman–Crippen MR) is 62.7 cm³/mol. The Labute approximate surface area is 94.4 Å². The van der Waals surface area contributed by atoms with Crippen LogP contribution in [-0.4, -0.2) is 35.1 Å². The Morgan fingerprint density at radius 2 is 2.12 bits per heavy atom. The summed E-state index contributed by atoms with van der Waals surface area (Å²) in [5.74, 6) is -0.0133. The van der Waals surface area contributed by atoms with Gasteiger partial charge in [-0.25, -0.2) is 0 Å². The zero-order chi connectivity index (χ0) is 11.5. The van der Waals surface area contributed by atoms with E-state index in [0.717, 1.165) is 31.6 Å². The third-order valence-electron chi connectivity index (χ3n) is 2.85. The van der Waals surface area contributed by atoms with Gasteiger partial charge in [0, 0.05) is 13.1 Å². The largest absolute Gasteiger partial charge is 0.393 e. The molecule has 0 bridgehead atoms. The van der Waals surface area contributed by atoms with Crippen molar-refractivity contribution in [3.8, 4) is 0 Å². The molecule has 0 aromatic carbocycles. The Kier molecular flexibility index (Phi) is 3.05. The molecule has 0 spiro atoms. The van der Waals surface area contributed by atoms with Crippen molar-refractivity contribution >= 4 is 11.5 Å². The molecular weight excluding hydrogens is 204 g/mol. The maximum atomic E-state index is 9.40.